The number of rotatable bonds is 6. The summed E-state index contributed by atoms with van der Waals surface area (Å²) in [7, 11) is 0. The quantitative estimate of drug-likeness (QED) is 0.822. The fourth-order valence-corrected chi connectivity index (χ4v) is 1.63. The van der Waals surface area contributed by atoms with Gasteiger partial charge in [-0.3, -0.25) is 0 Å². The van der Waals surface area contributed by atoms with Gasteiger partial charge in [-0.05, 0) is 24.6 Å². The molecule has 2 N–H and O–H groups in total. The molecular weight excluding hydrogens is 245 g/mol. The number of anilines is 1. The largest absolute Gasteiger partial charge is 0.480 e. The summed E-state index contributed by atoms with van der Waals surface area (Å²) in [6.07, 6.45) is 2.27. The molecule has 1 rings (SSSR count). The molecule has 0 aliphatic rings. The molecule has 0 heterocycles. The lowest BCUT2D eigenvalue weighted by Gasteiger charge is -2.15. The van der Waals surface area contributed by atoms with E-state index in [1.165, 1.54) is 18.2 Å². The Bertz CT molecular complexity index is 398. The first kappa shape index (κ1) is 13.8. The van der Waals surface area contributed by atoms with E-state index in [4.69, 9.17) is 16.7 Å². The maximum absolute atomic E-state index is 12.9. The fraction of sp³-hybridized carbons (Fsp3) is 0.417. The molecule has 5 heteroatoms. The topological polar surface area (TPSA) is 49.3 Å². The van der Waals surface area contributed by atoms with Crippen LogP contribution in [0.15, 0.2) is 18.2 Å². The predicted octanol–water partition coefficient (Wildman–Crippen LogP) is 3.53. The van der Waals surface area contributed by atoms with Crippen molar-refractivity contribution in [1.82, 2.24) is 0 Å². The molecule has 0 fully saturated rings. The van der Waals surface area contributed by atoms with Gasteiger partial charge in [-0.15, -0.1) is 0 Å². The molecule has 0 saturated heterocycles. The number of carboxylic acid groups (broad SMARTS) is 1. The lowest BCUT2D eigenvalue weighted by atomic mass is 10.1. The zero-order chi connectivity index (χ0) is 12.8. The lowest BCUT2D eigenvalue weighted by molar-refractivity contribution is -0.138. The van der Waals surface area contributed by atoms with Gasteiger partial charge in [0, 0.05) is 5.69 Å². The van der Waals surface area contributed by atoms with Crippen molar-refractivity contribution >= 4 is 23.3 Å². The molecule has 94 valence electrons. The number of hydrogen-bond donors (Lipinski definition) is 2. The number of hydrogen-bond acceptors (Lipinski definition) is 2. The van der Waals surface area contributed by atoms with Crippen LogP contribution in [0, 0.1) is 5.82 Å². The summed E-state index contributed by atoms with van der Waals surface area (Å²) in [6, 6.07) is 3.40. The summed E-state index contributed by atoms with van der Waals surface area (Å²) >= 11 is 5.62. The maximum atomic E-state index is 12.9. The third kappa shape index (κ3) is 4.23. The van der Waals surface area contributed by atoms with Gasteiger partial charge < -0.3 is 10.4 Å². The van der Waals surface area contributed by atoms with Crippen molar-refractivity contribution in [2.45, 2.75) is 32.2 Å². The van der Waals surface area contributed by atoms with Gasteiger partial charge in [0.05, 0.1) is 5.02 Å². The number of carboxylic acids is 1. The van der Waals surface area contributed by atoms with E-state index in [1.54, 1.807) is 0 Å². The van der Waals surface area contributed by atoms with E-state index in [-0.39, 0.29) is 5.02 Å². The highest BCUT2D eigenvalue weighted by Crippen LogP contribution is 2.20. The molecule has 0 saturated carbocycles. The van der Waals surface area contributed by atoms with E-state index in [2.05, 4.69) is 5.32 Å². The fourth-order valence-electron chi connectivity index (χ4n) is 1.45. The van der Waals surface area contributed by atoms with E-state index in [0.717, 1.165) is 12.8 Å². The number of unbranched alkanes of at least 4 members (excludes halogenated alkanes) is 1. The van der Waals surface area contributed by atoms with Crippen LogP contribution in [0.5, 0.6) is 0 Å². The number of carbonyl (C=O) groups is 1. The Kier molecular flexibility index (Phi) is 5.22. The molecule has 1 aromatic rings. The minimum atomic E-state index is -0.918. The maximum Gasteiger partial charge on any atom is 0.326 e. The van der Waals surface area contributed by atoms with Crippen molar-refractivity contribution in [3.63, 3.8) is 0 Å². The van der Waals surface area contributed by atoms with Gasteiger partial charge in [0.25, 0.3) is 0 Å². The molecule has 1 aromatic carbocycles. The molecule has 0 aliphatic heterocycles. The number of nitrogens with one attached hydrogen (secondary N) is 1. The van der Waals surface area contributed by atoms with Crippen molar-refractivity contribution in [1.29, 1.82) is 0 Å². The summed E-state index contributed by atoms with van der Waals surface area (Å²) in [6.45, 7) is 1.99. The second-order valence-electron chi connectivity index (χ2n) is 3.81. The second-order valence-corrected chi connectivity index (χ2v) is 4.21. The molecule has 3 nitrogen and oxygen atoms in total. The van der Waals surface area contributed by atoms with Gasteiger partial charge in [-0.25, -0.2) is 9.18 Å². The average Bonchev–Trinajstić information content (AvgIpc) is 2.28. The van der Waals surface area contributed by atoms with E-state index < -0.39 is 17.8 Å². The van der Waals surface area contributed by atoms with E-state index in [0.29, 0.717) is 12.1 Å². The minimum Gasteiger partial charge on any atom is -0.480 e. The van der Waals surface area contributed by atoms with E-state index >= 15 is 0 Å². The van der Waals surface area contributed by atoms with Crippen LogP contribution < -0.4 is 5.32 Å². The highest BCUT2D eigenvalue weighted by atomic mass is 35.5. The van der Waals surface area contributed by atoms with Gasteiger partial charge in [0.15, 0.2) is 0 Å². The molecule has 0 aromatic heterocycles. The van der Waals surface area contributed by atoms with Crippen molar-refractivity contribution in [2.75, 3.05) is 5.32 Å². The molecule has 0 radical (unpaired) electrons. The normalized spacial score (nSPS) is 12.2. The smallest absolute Gasteiger partial charge is 0.326 e. The molecule has 0 spiro atoms. The van der Waals surface area contributed by atoms with Crippen LogP contribution in [0.3, 0.4) is 0 Å². The Hall–Kier alpha value is -1.29. The number of aliphatic carboxylic acids is 1. The SMILES string of the molecule is CCCCC(Nc1ccc(F)c(Cl)c1)C(=O)O. The van der Waals surface area contributed by atoms with Crippen LogP contribution in [0.25, 0.3) is 0 Å². The van der Waals surface area contributed by atoms with Crippen LogP contribution in [-0.4, -0.2) is 17.1 Å². The van der Waals surface area contributed by atoms with Crippen LogP contribution in [0.4, 0.5) is 10.1 Å². The molecule has 17 heavy (non-hydrogen) atoms. The van der Waals surface area contributed by atoms with Crippen LogP contribution in [-0.2, 0) is 4.79 Å². The van der Waals surface area contributed by atoms with Crippen LogP contribution >= 0.6 is 11.6 Å². The van der Waals surface area contributed by atoms with Crippen LogP contribution in [0.1, 0.15) is 26.2 Å². The molecule has 0 bridgehead atoms. The second kappa shape index (κ2) is 6.45. The van der Waals surface area contributed by atoms with Crippen molar-refractivity contribution < 1.29 is 14.3 Å². The standard InChI is InChI=1S/C12H15ClFNO2/c1-2-3-4-11(12(16)17)15-8-5-6-10(14)9(13)7-8/h5-7,11,15H,2-4H2,1H3,(H,16,17). The Balaban J connectivity index is 2.71. The summed E-state index contributed by atoms with van der Waals surface area (Å²) in [4.78, 5) is 11.0. The Morgan fingerprint density at radius 2 is 2.29 bits per heavy atom. The van der Waals surface area contributed by atoms with Gasteiger partial charge in [-0.1, -0.05) is 31.4 Å². The predicted molar refractivity (Wildman–Crippen MR) is 66.0 cm³/mol. The summed E-state index contributed by atoms with van der Waals surface area (Å²) in [5.41, 5.74) is 0.514. The molecule has 1 unspecified atom stereocenters. The number of benzene rings is 1. The minimum absolute atomic E-state index is 0.0189. The zero-order valence-electron chi connectivity index (χ0n) is 9.54. The zero-order valence-corrected chi connectivity index (χ0v) is 10.3. The summed E-state index contributed by atoms with van der Waals surface area (Å²) in [5, 5.41) is 11.8. The average molecular weight is 260 g/mol. The van der Waals surface area contributed by atoms with Gasteiger partial charge >= 0.3 is 5.97 Å². The van der Waals surface area contributed by atoms with E-state index in [9.17, 15) is 9.18 Å². The first-order valence-corrected chi connectivity index (χ1v) is 5.86. The van der Waals surface area contributed by atoms with Crippen molar-refractivity contribution in [3.8, 4) is 0 Å². The third-order valence-corrected chi connectivity index (χ3v) is 2.69. The molecule has 1 atom stereocenters. The molecular formula is C12H15ClFNO2. The van der Waals surface area contributed by atoms with Gasteiger partial charge in [0.1, 0.15) is 11.9 Å². The van der Waals surface area contributed by atoms with Gasteiger partial charge in [-0.2, -0.15) is 0 Å². The van der Waals surface area contributed by atoms with Crippen molar-refractivity contribution in [2.24, 2.45) is 0 Å². The first-order valence-electron chi connectivity index (χ1n) is 5.49. The first-order chi connectivity index (χ1) is 8.04. The Morgan fingerprint density at radius 3 is 2.82 bits per heavy atom. The number of halogens is 2. The molecule has 0 amide bonds. The third-order valence-electron chi connectivity index (χ3n) is 2.40. The Labute approximate surface area is 105 Å². The summed E-state index contributed by atoms with van der Waals surface area (Å²) < 4.78 is 12.9. The van der Waals surface area contributed by atoms with Crippen LogP contribution in [0.2, 0.25) is 5.02 Å². The van der Waals surface area contributed by atoms with E-state index in [1.807, 2.05) is 6.92 Å². The lowest BCUT2D eigenvalue weighted by Crippen LogP contribution is -2.29. The molecule has 0 aliphatic carbocycles. The highest BCUT2D eigenvalue weighted by Gasteiger charge is 2.16. The monoisotopic (exact) mass is 259 g/mol. The Morgan fingerprint density at radius 1 is 1.59 bits per heavy atom. The van der Waals surface area contributed by atoms with Crippen molar-refractivity contribution in [3.05, 3.63) is 29.0 Å². The summed E-state index contributed by atoms with van der Waals surface area (Å²) in [5.74, 6) is -1.43. The highest BCUT2D eigenvalue weighted by molar-refractivity contribution is 6.31. The van der Waals surface area contributed by atoms with Gasteiger partial charge in [0.2, 0.25) is 0 Å².